The van der Waals surface area contributed by atoms with E-state index in [1.807, 2.05) is 0 Å². The Labute approximate surface area is 178 Å². The van der Waals surface area contributed by atoms with Gasteiger partial charge in [-0.05, 0) is 37.5 Å². The van der Waals surface area contributed by atoms with Crippen molar-refractivity contribution >= 4 is 39.1 Å². The molecule has 0 unspecified atom stereocenters. The molecule has 1 aromatic carbocycles. The van der Waals surface area contributed by atoms with Crippen LogP contribution in [-0.2, 0) is 14.6 Å². The lowest BCUT2D eigenvalue weighted by Gasteiger charge is -2.22. The summed E-state index contributed by atoms with van der Waals surface area (Å²) in [6, 6.07) is 4.49. The number of aromatic amines is 1. The predicted octanol–water partition coefficient (Wildman–Crippen LogP) is 3.11. The fourth-order valence-electron chi connectivity index (χ4n) is 3.15. The van der Waals surface area contributed by atoms with Crippen molar-refractivity contribution in [3.8, 4) is 0 Å². The third-order valence-electron chi connectivity index (χ3n) is 4.80. The number of rotatable bonds is 6. The number of H-pyrrole nitrogens is 1. The van der Waals surface area contributed by atoms with E-state index in [2.05, 4.69) is 15.3 Å². The number of halogens is 1. The molecule has 1 aliphatic rings. The van der Waals surface area contributed by atoms with Gasteiger partial charge in [0.25, 0.3) is 5.56 Å². The minimum Gasteiger partial charge on any atom is -0.353 e. The van der Waals surface area contributed by atoms with Crippen molar-refractivity contribution < 1.29 is 13.2 Å². The maximum absolute atomic E-state index is 12.7. The summed E-state index contributed by atoms with van der Waals surface area (Å²) in [6.45, 7) is 1.75. The number of carbonyl (C=O) groups is 1. The molecule has 2 N–H and O–H groups in total. The van der Waals surface area contributed by atoms with Crippen molar-refractivity contribution in [2.24, 2.45) is 0 Å². The summed E-state index contributed by atoms with van der Waals surface area (Å²) < 4.78 is 25.5. The summed E-state index contributed by atoms with van der Waals surface area (Å²) in [5.74, 6) is -0.0328. The average Bonchev–Trinajstić information content (AvgIpc) is 2.69. The van der Waals surface area contributed by atoms with Gasteiger partial charge in [0.15, 0.2) is 10.1 Å². The molecule has 0 atom stereocenters. The van der Waals surface area contributed by atoms with E-state index in [0.717, 1.165) is 49.2 Å². The van der Waals surface area contributed by atoms with Crippen molar-refractivity contribution in [1.82, 2.24) is 15.3 Å². The van der Waals surface area contributed by atoms with Crippen molar-refractivity contribution in [2.45, 2.75) is 60.0 Å². The minimum absolute atomic E-state index is 0.0762. The zero-order valence-corrected chi connectivity index (χ0v) is 18.3. The Bertz CT molecular complexity index is 1060. The summed E-state index contributed by atoms with van der Waals surface area (Å²) in [7, 11) is -4.06. The Kier molecular flexibility index (Phi) is 7.02. The molecule has 1 aromatic heterocycles. The molecule has 1 aliphatic carbocycles. The topological polar surface area (TPSA) is 109 Å². The highest BCUT2D eigenvalue weighted by Gasteiger charge is 2.23. The van der Waals surface area contributed by atoms with Gasteiger partial charge in [0.05, 0.1) is 16.8 Å². The van der Waals surface area contributed by atoms with Gasteiger partial charge in [-0.2, -0.15) is 0 Å². The Morgan fingerprint density at radius 1 is 1.31 bits per heavy atom. The fraction of sp³-hybridized carbons (Fsp3) is 0.421. The van der Waals surface area contributed by atoms with Gasteiger partial charge in [0, 0.05) is 11.1 Å². The van der Waals surface area contributed by atoms with E-state index in [9.17, 15) is 18.0 Å². The van der Waals surface area contributed by atoms with Crippen LogP contribution in [-0.4, -0.2) is 36.1 Å². The van der Waals surface area contributed by atoms with Crippen LogP contribution in [0.3, 0.4) is 0 Å². The Balaban J connectivity index is 1.68. The number of amides is 1. The number of aromatic nitrogens is 2. The maximum atomic E-state index is 12.7. The van der Waals surface area contributed by atoms with Crippen molar-refractivity contribution in [1.29, 1.82) is 0 Å². The van der Waals surface area contributed by atoms with Gasteiger partial charge in [-0.25, -0.2) is 13.4 Å². The van der Waals surface area contributed by atoms with Crippen LogP contribution in [0, 0.1) is 6.92 Å². The number of hydrogen-bond acceptors (Lipinski definition) is 6. The summed E-state index contributed by atoms with van der Waals surface area (Å²) in [5, 5.41) is 3.47. The first kappa shape index (κ1) is 21.9. The standard InChI is InChI=1S/C19H22ClN3O4S2/c1-12-7-8-14(9-15(12)20)29(26,27)16-10-21-19(23-18(16)25)28-11-17(24)22-13-5-3-2-4-6-13/h7-10,13H,2-6,11H2,1H3,(H,22,24)(H,21,23,25). The van der Waals surface area contributed by atoms with Gasteiger partial charge >= 0.3 is 0 Å². The number of aryl methyl sites for hydroxylation is 1. The lowest BCUT2D eigenvalue weighted by Crippen LogP contribution is -2.37. The molecule has 10 heteroatoms. The normalized spacial score (nSPS) is 15.2. The quantitative estimate of drug-likeness (QED) is 0.511. The molecule has 0 spiro atoms. The van der Waals surface area contributed by atoms with Crippen molar-refractivity contribution in [2.75, 3.05) is 5.75 Å². The zero-order chi connectivity index (χ0) is 21.0. The second kappa shape index (κ2) is 9.32. The smallest absolute Gasteiger partial charge is 0.270 e. The molecule has 0 aliphatic heterocycles. The first-order chi connectivity index (χ1) is 13.8. The van der Waals surface area contributed by atoms with Crippen molar-refractivity contribution in [3.63, 3.8) is 0 Å². The second-order valence-corrected chi connectivity index (χ2v) is 10.3. The summed E-state index contributed by atoms with van der Waals surface area (Å²) in [6.07, 6.45) is 6.44. The molecule has 2 aromatic rings. The van der Waals surface area contributed by atoms with Gasteiger partial charge in [-0.1, -0.05) is 48.7 Å². The van der Waals surface area contributed by atoms with E-state index in [4.69, 9.17) is 11.6 Å². The zero-order valence-electron chi connectivity index (χ0n) is 15.9. The number of hydrogen-bond donors (Lipinski definition) is 2. The van der Waals surface area contributed by atoms with E-state index in [1.54, 1.807) is 13.0 Å². The van der Waals surface area contributed by atoms with Gasteiger partial charge in [-0.3, -0.25) is 9.59 Å². The number of nitrogens with zero attached hydrogens (tertiary/aromatic N) is 1. The Hall–Kier alpha value is -1.84. The van der Waals surface area contributed by atoms with Crippen LogP contribution < -0.4 is 10.9 Å². The highest BCUT2D eigenvalue weighted by Crippen LogP contribution is 2.24. The first-order valence-electron chi connectivity index (χ1n) is 9.30. The molecule has 29 heavy (non-hydrogen) atoms. The minimum atomic E-state index is -4.06. The Morgan fingerprint density at radius 3 is 2.69 bits per heavy atom. The molecular weight excluding hydrogens is 434 g/mol. The van der Waals surface area contributed by atoms with Crippen LogP contribution in [0.1, 0.15) is 37.7 Å². The fourth-order valence-corrected chi connectivity index (χ4v) is 5.30. The largest absolute Gasteiger partial charge is 0.353 e. The number of carbonyl (C=O) groups excluding carboxylic acids is 1. The third kappa shape index (κ3) is 5.40. The summed E-state index contributed by atoms with van der Waals surface area (Å²) >= 11 is 7.06. The summed E-state index contributed by atoms with van der Waals surface area (Å²) in [4.78, 5) is 30.3. The number of sulfone groups is 1. The number of thioether (sulfide) groups is 1. The van der Waals surface area contributed by atoms with Crippen LogP contribution in [0.15, 0.2) is 44.1 Å². The average molecular weight is 456 g/mol. The van der Waals surface area contributed by atoms with Crippen LogP contribution in [0.4, 0.5) is 0 Å². The van der Waals surface area contributed by atoms with E-state index < -0.39 is 20.3 Å². The lowest BCUT2D eigenvalue weighted by atomic mass is 9.95. The lowest BCUT2D eigenvalue weighted by molar-refractivity contribution is -0.119. The van der Waals surface area contributed by atoms with Crippen molar-refractivity contribution in [3.05, 3.63) is 45.3 Å². The van der Waals surface area contributed by atoms with Crippen LogP contribution in [0.25, 0.3) is 0 Å². The van der Waals surface area contributed by atoms with Gasteiger partial charge in [0.2, 0.25) is 15.7 Å². The van der Waals surface area contributed by atoms with Gasteiger partial charge in [0.1, 0.15) is 0 Å². The molecule has 156 valence electrons. The van der Waals surface area contributed by atoms with E-state index in [1.165, 1.54) is 18.6 Å². The molecule has 0 saturated heterocycles. The number of benzene rings is 1. The van der Waals surface area contributed by atoms with Gasteiger partial charge < -0.3 is 10.3 Å². The molecule has 1 amide bonds. The highest BCUT2D eigenvalue weighted by atomic mass is 35.5. The molecule has 0 radical (unpaired) electrons. The Morgan fingerprint density at radius 2 is 2.03 bits per heavy atom. The first-order valence-corrected chi connectivity index (χ1v) is 12.1. The maximum Gasteiger partial charge on any atom is 0.270 e. The van der Waals surface area contributed by atoms with Gasteiger partial charge in [-0.15, -0.1) is 0 Å². The monoisotopic (exact) mass is 455 g/mol. The van der Waals surface area contributed by atoms with E-state index >= 15 is 0 Å². The number of nitrogens with one attached hydrogen (secondary N) is 2. The SMILES string of the molecule is Cc1ccc(S(=O)(=O)c2cnc(SCC(=O)NC3CCCCC3)[nH]c2=O)cc1Cl. The van der Waals surface area contributed by atoms with Crippen LogP contribution in [0.2, 0.25) is 5.02 Å². The van der Waals surface area contributed by atoms with E-state index in [-0.39, 0.29) is 27.8 Å². The molecule has 1 heterocycles. The molecule has 3 rings (SSSR count). The molecule has 1 saturated carbocycles. The molecular formula is C19H22ClN3O4S2. The second-order valence-electron chi connectivity index (χ2n) is 6.99. The van der Waals surface area contributed by atoms with E-state index in [0.29, 0.717) is 5.02 Å². The highest BCUT2D eigenvalue weighted by molar-refractivity contribution is 7.99. The molecule has 7 nitrogen and oxygen atoms in total. The summed E-state index contributed by atoms with van der Waals surface area (Å²) in [5.41, 5.74) is -0.0530. The third-order valence-corrected chi connectivity index (χ3v) is 7.84. The predicted molar refractivity (Wildman–Crippen MR) is 112 cm³/mol. The van der Waals surface area contributed by atoms with Crippen LogP contribution in [0.5, 0.6) is 0 Å². The molecule has 1 fully saturated rings. The van der Waals surface area contributed by atoms with Crippen LogP contribution >= 0.6 is 23.4 Å². The molecule has 0 bridgehead atoms.